The van der Waals surface area contributed by atoms with Crippen molar-refractivity contribution in [2.45, 2.75) is 19.9 Å². The van der Waals surface area contributed by atoms with Crippen LogP contribution in [0.15, 0.2) is 24.3 Å². The van der Waals surface area contributed by atoms with Gasteiger partial charge in [-0.2, -0.15) is 0 Å². The van der Waals surface area contributed by atoms with Gasteiger partial charge in [-0.05, 0) is 70.4 Å². The van der Waals surface area contributed by atoms with Crippen molar-refractivity contribution < 1.29 is 9.84 Å². The quantitative estimate of drug-likeness (QED) is 0.898. The lowest BCUT2D eigenvalue weighted by molar-refractivity contribution is 0.214. The van der Waals surface area contributed by atoms with Crippen LogP contribution in [0, 0.1) is 6.92 Å². The minimum absolute atomic E-state index is 0.253. The van der Waals surface area contributed by atoms with Crippen LogP contribution in [-0.4, -0.2) is 55.2 Å². The minimum Gasteiger partial charge on any atom is -0.504 e. The van der Waals surface area contributed by atoms with Crippen molar-refractivity contribution in [2.75, 3.05) is 40.3 Å². The Morgan fingerprint density at radius 3 is 2.83 bits per heavy atom. The molecule has 3 rings (SSSR count). The summed E-state index contributed by atoms with van der Waals surface area (Å²) in [5, 5.41) is 10.4. The van der Waals surface area contributed by atoms with Crippen LogP contribution < -0.4 is 4.74 Å². The second-order valence-corrected chi connectivity index (χ2v) is 7.96. The molecule has 0 spiro atoms. The van der Waals surface area contributed by atoms with Gasteiger partial charge in [0.15, 0.2) is 11.5 Å². The molecular weight excluding hydrogens is 320 g/mol. The van der Waals surface area contributed by atoms with E-state index in [1.54, 1.807) is 11.3 Å². The van der Waals surface area contributed by atoms with E-state index in [9.17, 15) is 5.11 Å². The van der Waals surface area contributed by atoms with E-state index in [2.05, 4.69) is 49.0 Å². The Balaban J connectivity index is 1.81. The Kier molecular flexibility index (Phi) is 5.43. The Hall–Kier alpha value is -1.56. The number of hydrogen-bond acceptors (Lipinski definition) is 5. The molecule has 1 aliphatic rings. The van der Waals surface area contributed by atoms with E-state index in [-0.39, 0.29) is 5.75 Å². The van der Waals surface area contributed by atoms with Crippen LogP contribution in [0.2, 0.25) is 0 Å². The van der Waals surface area contributed by atoms with Crippen molar-refractivity contribution in [3.8, 4) is 21.9 Å². The molecule has 0 saturated heterocycles. The molecule has 5 heteroatoms. The molecule has 1 aromatic heterocycles. The smallest absolute Gasteiger partial charge is 0.165 e. The fourth-order valence-electron chi connectivity index (χ4n) is 3.09. The summed E-state index contributed by atoms with van der Waals surface area (Å²) in [5.41, 5.74) is 2.15. The van der Waals surface area contributed by atoms with E-state index in [4.69, 9.17) is 4.74 Å². The average Bonchev–Trinajstić information content (AvgIpc) is 2.84. The maximum Gasteiger partial charge on any atom is 0.165 e. The average molecular weight is 346 g/mol. The number of phenols is 1. The van der Waals surface area contributed by atoms with Gasteiger partial charge in [-0.15, -0.1) is 11.3 Å². The summed E-state index contributed by atoms with van der Waals surface area (Å²) < 4.78 is 5.83. The van der Waals surface area contributed by atoms with Gasteiger partial charge in [-0.1, -0.05) is 0 Å². The van der Waals surface area contributed by atoms with Crippen molar-refractivity contribution in [1.82, 2.24) is 9.80 Å². The van der Waals surface area contributed by atoms with Crippen LogP contribution in [0.4, 0.5) is 0 Å². The molecule has 0 atom stereocenters. The van der Waals surface area contributed by atoms with E-state index >= 15 is 0 Å². The zero-order valence-corrected chi connectivity index (χ0v) is 15.5. The summed E-state index contributed by atoms with van der Waals surface area (Å²) >= 11 is 1.75. The molecule has 0 aliphatic carbocycles. The number of benzene rings is 1. The molecule has 0 unspecified atom stereocenters. The zero-order chi connectivity index (χ0) is 17.1. The molecule has 2 heterocycles. The summed E-state index contributed by atoms with van der Waals surface area (Å²) in [6, 6.07) is 8.23. The van der Waals surface area contributed by atoms with E-state index in [1.807, 2.05) is 6.07 Å². The molecule has 1 N–H and O–H groups in total. The van der Waals surface area contributed by atoms with Crippen LogP contribution in [0.1, 0.15) is 16.9 Å². The topological polar surface area (TPSA) is 35.9 Å². The molecule has 0 fully saturated rings. The maximum atomic E-state index is 10.4. The predicted molar refractivity (Wildman–Crippen MR) is 100 cm³/mol. The highest BCUT2D eigenvalue weighted by atomic mass is 32.1. The van der Waals surface area contributed by atoms with E-state index < -0.39 is 0 Å². The minimum atomic E-state index is 0.253. The van der Waals surface area contributed by atoms with E-state index in [1.165, 1.54) is 9.75 Å². The fraction of sp³-hybridized carbons (Fsp3) is 0.474. The predicted octanol–water partition coefficient (Wildman–Crippen LogP) is 3.58. The number of rotatable bonds is 5. The number of aromatic hydroxyl groups is 1. The van der Waals surface area contributed by atoms with Crippen LogP contribution >= 0.6 is 11.3 Å². The Bertz CT molecular complexity index is 697. The van der Waals surface area contributed by atoms with Gasteiger partial charge in [0.05, 0.1) is 0 Å². The number of thiophene rings is 1. The number of nitrogens with zero attached hydrogens (tertiary/aromatic N) is 2. The Morgan fingerprint density at radius 2 is 2.12 bits per heavy atom. The number of ether oxygens (including phenoxy) is 1. The highest BCUT2D eigenvalue weighted by Crippen LogP contribution is 2.39. The van der Waals surface area contributed by atoms with Gasteiger partial charge in [0, 0.05) is 28.4 Å². The molecule has 2 aromatic rings. The molecule has 130 valence electrons. The Morgan fingerprint density at radius 1 is 1.29 bits per heavy atom. The molecule has 4 nitrogen and oxygen atoms in total. The maximum absolute atomic E-state index is 10.4. The highest BCUT2D eigenvalue weighted by Gasteiger charge is 2.20. The van der Waals surface area contributed by atoms with Crippen LogP contribution in [-0.2, 0) is 6.54 Å². The number of phenolic OH excluding ortho intramolecular Hbond substituents is 1. The molecule has 24 heavy (non-hydrogen) atoms. The van der Waals surface area contributed by atoms with Crippen molar-refractivity contribution in [3.05, 3.63) is 34.7 Å². The third kappa shape index (κ3) is 4.09. The molecule has 1 aliphatic heterocycles. The third-order valence-electron chi connectivity index (χ3n) is 4.30. The summed E-state index contributed by atoms with van der Waals surface area (Å²) in [6.07, 6.45) is 1.14. The van der Waals surface area contributed by atoms with Gasteiger partial charge >= 0.3 is 0 Å². The second kappa shape index (κ2) is 7.55. The largest absolute Gasteiger partial charge is 0.504 e. The van der Waals surface area contributed by atoms with E-state index in [0.29, 0.717) is 12.4 Å². The molecule has 0 bridgehead atoms. The fourth-order valence-corrected chi connectivity index (χ4v) is 3.94. The lowest BCUT2D eigenvalue weighted by Crippen LogP contribution is -2.29. The normalized spacial score (nSPS) is 15.2. The first kappa shape index (κ1) is 17.3. The number of aryl methyl sites for hydroxylation is 1. The first-order valence-electron chi connectivity index (χ1n) is 8.45. The van der Waals surface area contributed by atoms with Gasteiger partial charge in [0.1, 0.15) is 6.61 Å². The monoisotopic (exact) mass is 346 g/mol. The Labute approximate surface area is 148 Å². The number of fused-ring (bicyclic) bond motifs is 1. The van der Waals surface area contributed by atoms with Gasteiger partial charge < -0.3 is 14.7 Å². The molecular formula is C19H26N2O2S. The molecule has 0 radical (unpaired) electrons. The van der Waals surface area contributed by atoms with Crippen molar-refractivity contribution in [3.63, 3.8) is 0 Å². The highest BCUT2D eigenvalue weighted by molar-refractivity contribution is 7.15. The lowest BCUT2D eigenvalue weighted by atomic mass is 10.1. The van der Waals surface area contributed by atoms with Gasteiger partial charge in [0.2, 0.25) is 0 Å². The van der Waals surface area contributed by atoms with Gasteiger partial charge in [-0.3, -0.25) is 4.90 Å². The summed E-state index contributed by atoms with van der Waals surface area (Å²) in [5.74, 6) is 0.908. The van der Waals surface area contributed by atoms with Gasteiger partial charge in [0.25, 0.3) is 0 Å². The summed E-state index contributed by atoms with van der Waals surface area (Å²) in [6.45, 7) is 6.59. The standard InChI is InChI=1S/C19H26N2O2S/c1-14-5-6-18(24-14)15-11-16-13-21(8-4-7-20(2)3)9-10-23-19(16)17(22)12-15/h5-6,11-12,22H,4,7-10,13H2,1-3H3. The third-order valence-corrected chi connectivity index (χ3v) is 5.35. The van der Waals surface area contributed by atoms with Crippen LogP contribution in [0.3, 0.4) is 0 Å². The summed E-state index contributed by atoms with van der Waals surface area (Å²) in [7, 11) is 4.21. The lowest BCUT2D eigenvalue weighted by Gasteiger charge is -2.20. The van der Waals surface area contributed by atoms with Crippen LogP contribution in [0.25, 0.3) is 10.4 Å². The molecule has 0 saturated carbocycles. The second-order valence-electron chi connectivity index (χ2n) is 6.68. The zero-order valence-electron chi connectivity index (χ0n) is 14.7. The van der Waals surface area contributed by atoms with Crippen molar-refractivity contribution >= 4 is 11.3 Å². The first-order chi connectivity index (χ1) is 11.5. The first-order valence-corrected chi connectivity index (χ1v) is 9.27. The van der Waals surface area contributed by atoms with Crippen molar-refractivity contribution in [1.29, 1.82) is 0 Å². The summed E-state index contributed by atoms with van der Waals surface area (Å²) in [4.78, 5) is 7.10. The number of hydrogen-bond donors (Lipinski definition) is 1. The van der Waals surface area contributed by atoms with Crippen LogP contribution in [0.5, 0.6) is 11.5 Å². The molecule has 0 amide bonds. The van der Waals surface area contributed by atoms with Gasteiger partial charge in [-0.25, -0.2) is 0 Å². The molecule has 1 aromatic carbocycles. The van der Waals surface area contributed by atoms with E-state index in [0.717, 1.165) is 43.7 Å². The van der Waals surface area contributed by atoms with Crippen molar-refractivity contribution in [2.24, 2.45) is 0 Å². The SMILES string of the molecule is Cc1ccc(-c2cc(O)c3c(c2)CN(CCCN(C)C)CCO3)s1.